The van der Waals surface area contributed by atoms with E-state index in [1.165, 1.54) is 0 Å². The molecule has 1 atom stereocenters. The molecular weight excluding hydrogens is 208 g/mol. The highest BCUT2D eigenvalue weighted by Crippen LogP contribution is 2.18. The third kappa shape index (κ3) is 7.42. The van der Waals surface area contributed by atoms with Gasteiger partial charge in [0, 0.05) is 0 Å². The molecule has 0 aliphatic rings. The van der Waals surface area contributed by atoms with E-state index < -0.39 is 15.7 Å². The summed E-state index contributed by atoms with van der Waals surface area (Å²) in [6.07, 6.45) is 4.32. The van der Waals surface area contributed by atoms with E-state index in [4.69, 9.17) is 9.84 Å². The Morgan fingerprint density at radius 1 is 1.33 bits per heavy atom. The second-order valence-corrected chi connectivity index (χ2v) is 6.60. The Hall–Kier alpha value is -0.513. The van der Waals surface area contributed by atoms with E-state index in [1.54, 1.807) is 0 Å². The van der Waals surface area contributed by atoms with Crippen molar-refractivity contribution in [2.24, 2.45) is 0 Å². The normalized spacial score (nSPS) is 13.6. The van der Waals surface area contributed by atoms with E-state index in [9.17, 15) is 4.79 Å². The molecule has 0 rings (SSSR count). The second-order valence-electron chi connectivity index (χ2n) is 4.07. The highest BCUT2D eigenvalue weighted by atomic mass is 28.2. The van der Waals surface area contributed by atoms with Crippen LogP contribution in [0.4, 0.5) is 4.79 Å². The lowest BCUT2D eigenvalue weighted by atomic mass is 10.2. The van der Waals surface area contributed by atoms with Gasteiger partial charge in [0.2, 0.25) is 0 Å². The fourth-order valence-corrected chi connectivity index (χ4v) is 3.97. The molecular formula is C11H24O3Si. The van der Waals surface area contributed by atoms with Gasteiger partial charge in [-0.25, -0.2) is 4.79 Å². The number of rotatable bonds is 8. The lowest BCUT2D eigenvalue weighted by molar-refractivity contribution is 0.0748. The van der Waals surface area contributed by atoms with Crippen molar-refractivity contribution in [1.82, 2.24) is 0 Å². The van der Waals surface area contributed by atoms with Gasteiger partial charge in [0.1, 0.15) is 0 Å². The van der Waals surface area contributed by atoms with Crippen molar-refractivity contribution in [2.75, 3.05) is 0 Å². The fourth-order valence-electron chi connectivity index (χ4n) is 1.79. The Bertz CT molecular complexity index is 169. The first-order chi connectivity index (χ1) is 7.13. The number of ether oxygens (including phenoxy) is 1. The number of carboxylic acid groups (broad SMARTS) is 1. The minimum absolute atomic E-state index is 0.0346. The van der Waals surface area contributed by atoms with Gasteiger partial charge in [-0.05, 0) is 12.0 Å². The molecule has 4 heteroatoms. The van der Waals surface area contributed by atoms with E-state index in [0.29, 0.717) is 0 Å². The molecule has 0 saturated heterocycles. The van der Waals surface area contributed by atoms with Crippen molar-refractivity contribution in [3.63, 3.8) is 0 Å². The van der Waals surface area contributed by atoms with Crippen LogP contribution in [-0.2, 0) is 4.74 Å². The molecule has 0 aliphatic carbocycles. The van der Waals surface area contributed by atoms with Gasteiger partial charge in [0.25, 0.3) is 0 Å². The summed E-state index contributed by atoms with van der Waals surface area (Å²) in [5.41, 5.74) is 0.763. The Balaban J connectivity index is 4.03. The van der Waals surface area contributed by atoms with Crippen LogP contribution in [0.1, 0.15) is 52.9 Å². The Morgan fingerprint density at radius 3 is 2.33 bits per heavy atom. The van der Waals surface area contributed by atoms with E-state index in [2.05, 4.69) is 20.8 Å². The number of hydrogen-bond acceptors (Lipinski definition) is 2. The zero-order chi connectivity index (χ0) is 11.7. The fraction of sp³-hybridized carbons (Fsp3) is 0.909. The maximum Gasteiger partial charge on any atom is 0.505 e. The van der Waals surface area contributed by atoms with Crippen molar-refractivity contribution in [1.29, 1.82) is 0 Å². The van der Waals surface area contributed by atoms with Crippen molar-refractivity contribution in [2.45, 2.75) is 64.1 Å². The van der Waals surface area contributed by atoms with Crippen LogP contribution in [0.15, 0.2) is 0 Å². The van der Waals surface area contributed by atoms with Crippen LogP contribution in [0.2, 0.25) is 5.54 Å². The molecule has 0 bridgehead atoms. The number of carbonyl (C=O) groups is 1. The summed E-state index contributed by atoms with van der Waals surface area (Å²) in [4.78, 5) is 10.5. The molecule has 90 valence electrons. The van der Waals surface area contributed by atoms with Crippen LogP contribution < -0.4 is 0 Å². The Kier molecular flexibility index (Phi) is 8.47. The molecule has 3 nitrogen and oxygen atoms in total. The molecule has 0 aromatic carbocycles. The largest absolute Gasteiger partial charge is 0.505 e. The van der Waals surface area contributed by atoms with Crippen molar-refractivity contribution in [3.05, 3.63) is 0 Å². The van der Waals surface area contributed by atoms with Gasteiger partial charge in [0.05, 0.1) is 15.2 Å². The molecule has 0 heterocycles. The van der Waals surface area contributed by atoms with Gasteiger partial charge < -0.3 is 9.84 Å². The summed E-state index contributed by atoms with van der Waals surface area (Å²) in [6.45, 7) is 6.48. The maximum atomic E-state index is 10.5. The first-order valence-corrected chi connectivity index (χ1v) is 7.66. The van der Waals surface area contributed by atoms with Crippen LogP contribution >= 0.6 is 0 Å². The predicted molar refractivity (Wildman–Crippen MR) is 65.3 cm³/mol. The quantitative estimate of drug-likeness (QED) is 0.517. The predicted octanol–water partition coefficient (Wildman–Crippen LogP) is 2.97. The van der Waals surface area contributed by atoms with E-state index in [1.807, 2.05) is 0 Å². The molecule has 0 radical (unpaired) electrons. The van der Waals surface area contributed by atoms with Crippen LogP contribution in [0.25, 0.3) is 0 Å². The average molecular weight is 232 g/mol. The number of hydrogen-bond donors (Lipinski definition) is 1. The van der Waals surface area contributed by atoms with Crippen LogP contribution in [0.5, 0.6) is 0 Å². The van der Waals surface area contributed by atoms with Crippen LogP contribution in [-0.4, -0.2) is 26.5 Å². The summed E-state index contributed by atoms with van der Waals surface area (Å²) in [7, 11) is -0.427. The zero-order valence-corrected chi connectivity index (χ0v) is 11.6. The van der Waals surface area contributed by atoms with E-state index in [0.717, 1.165) is 37.6 Å². The van der Waals surface area contributed by atoms with Gasteiger partial charge in [0.15, 0.2) is 0 Å². The monoisotopic (exact) mass is 232 g/mol. The third-order valence-corrected chi connectivity index (χ3v) is 5.82. The van der Waals surface area contributed by atoms with Crippen molar-refractivity contribution < 1.29 is 14.6 Å². The van der Waals surface area contributed by atoms with E-state index >= 15 is 0 Å². The highest BCUT2D eigenvalue weighted by molar-refractivity contribution is 6.39. The standard InChI is InChI=1S/C11H24O3Si/c1-4-7-8-10(14-11(12)13)15-9(5-2)6-3/h9-10H,4-8,15H2,1-3H3,(H,12,13). The highest BCUT2D eigenvalue weighted by Gasteiger charge is 2.18. The molecule has 1 N–H and O–H groups in total. The van der Waals surface area contributed by atoms with Gasteiger partial charge in [-0.2, -0.15) is 0 Å². The average Bonchev–Trinajstić information content (AvgIpc) is 2.21. The lowest BCUT2D eigenvalue weighted by Crippen LogP contribution is -2.26. The molecule has 15 heavy (non-hydrogen) atoms. The Morgan fingerprint density at radius 2 is 1.93 bits per heavy atom. The first kappa shape index (κ1) is 14.5. The Labute approximate surface area is 95.0 Å². The summed E-state index contributed by atoms with van der Waals surface area (Å²) in [5.74, 6) is 0. The van der Waals surface area contributed by atoms with Gasteiger partial charge >= 0.3 is 6.16 Å². The molecule has 0 aromatic rings. The van der Waals surface area contributed by atoms with Crippen LogP contribution in [0, 0.1) is 0 Å². The molecule has 0 fully saturated rings. The van der Waals surface area contributed by atoms with Gasteiger partial charge in [-0.15, -0.1) is 0 Å². The van der Waals surface area contributed by atoms with Crippen molar-refractivity contribution in [3.8, 4) is 0 Å². The second kappa shape index (κ2) is 8.77. The summed E-state index contributed by atoms with van der Waals surface area (Å²) >= 11 is 0. The van der Waals surface area contributed by atoms with Gasteiger partial charge in [-0.3, -0.25) is 0 Å². The molecule has 0 saturated carbocycles. The van der Waals surface area contributed by atoms with Crippen molar-refractivity contribution >= 4 is 15.7 Å². The zero-order valence-electron chi connectivity index (χ0n) is 10.2. The topological polar surface area (TPSA) is 46.5 Å². The molecule has 0 spiro atoms. The third-order valence-electron chi connectivity index (χ3n) is 2.90. The molecule has 0 amide bonds. The summed E-state index contributed by atoms with van der Waals surface area (Å²) in [6, 6.07) is 0. The summed E-state index contributed by atoms with van der Waals surface area (Å²) < 4.78 is 4.96. The molecule has 0 aromatic heterocycles. The van der Waals surface area contributed by atoms with Crippen LogP contribution in [0.3, 0.4) is 0 Å². The molecule has 0 aliphatic heterocycles. The summed E-state index contributed by atoms with van der Waals surface area (Å²) in [5, 5.41) is 8.64. The van der Waals surface area contributed by atoms with E-state index in [-0.39, 0.29) is 5.73 Å². The minimum atomic E-state index is -1.10. The first-order valence-electron chi connectivity index (χ1n) is 6.03. The van der Waals surface area contributed by atoms with Gasteiger partial charge in [-0.1, -0.05) is 46.5 Å². The molecule has 1 unspecified atom stereocenters. The smallest absolute Gasteiger partial charge is 0.450 e. The number of unbranched alkanes of at least 4 members (excludes halogenated alkanes) is 1. The maximum absolute atomic E-state index is 10.5. The minimum Gasteiger partial charge on any atom is -0.450 e. The lowest BCUT2D eigenvalue weighted by Gasteiger charge is -2.20. The SMILES string of the molecule is CCCCC(OC(=O)O)[SiH2]C(CC)CC.